The van der Waals surface area contributed by atoms with E-state index in [2.05, 4.69) is 10.3 Å². The Morgan fingerprint density at radius 1 is 1.17 bits per heavy atom. The first-order chi connectivity index (χ1) is 14.5. The first-order valence-electron chi connectivity index (χ1n) is 9.94. The molecule has 1 atom stereocenters. The molecule has 160 valence electrons. The fraction of sp³-hybridized carbons (Fsp3) is 0.364. The van der Waals surface area contributed by atoms with Crippen LogP contribution in [0.15, 0.2) is 42.5 Å². The first-order valence-corrected chi connectivity index (χ1v) is 9.94. The number of ether oxygens (including phenoxy) is 3. The summed E-state index contributed by atoms with van der Waals surface area (Å²) < 4.78 is 18.7. The summed E-state index contributed by atoms with van der Waals surface area (Å²) in [4.78, 5) is 16.6. The fourth-order valence-corrected chi connectivity index (χ4v) is 3.01. The van der Waals surface area contributed by atoms with Crippen molar-refractivity contribution in [1.29, 1.82) is 0 Å². The number of methoxy groups -OCH3 is 1. The summed E-state index contributed by atoms with van der Waals surface area (Å²) >= 11 is 0. The zero-order valence-corrected chi connectivity index (χ0v) is 17.6. The summed E-state index contributed by atoms with van der Waals surface area (Å²) in [6.45, 7) is 5.68. The zero-order chi connectivity index (χ0) is 21.5. The molecule has 1 amide bonds. The van der Waals surface area contributed by atoms with Gasteiger partial charge < -0.3 is 29.8 Å². The van der Waals surface area contributed by atoms with Crippen LogP contribution in [0.1, 0.15) is 19.7 Å². The molecule has 2 aromatic carbocycles. The molecule has 1 aromatic heterocycles. The molecule has 0 aliphatic rings. The fourth-order valence-electron chi connectivity index (χ4n) is 3.01. The van der Waals surface area contributed by atoms with Gasteiger partial charge in [-0.15, -0.1) is 0 Å². The number of carbonyl (C=O) groups excluding carboxylic acids is 1. The Morgan fingerprint density at radius 2 is 1.87 bits per heavy atom. The molecule has 0 saturated heterocycles. The summed E-state index contributed by atoms with van der Waals surface area (Å²) in [5, 5.41) is 2.82. The highest BCUT2D eigenvalue weighted by atomic mass is 16.5. The van der Waals surface area contributed by atoms with Crippen molar-refractivity contribution in [2.45, 2.75) is 33.0 Å². The third-order valence-electron chi connectivity index (χ3n) is 4.59. The van der Waals surface area contributed by atoms with Crippen molar-refractivity contribution in [3.63, 3.8) is 0 Å². The van der Waals surface area contributed by atoms with Crippen LogP contribution in [0.25, 0.3) is 11.0 Å². The number of aromatic nitrogens is 2. The number of carbonyl (C=O) groups is 1. The van der Waals surface area contributed by atoms with Gasteiger partial charge in [0.2, 0.25) is 5.91 Å². The maximum absolute atomic E-state index is 11.9. The lowest BCUT2D eigenvalue weighted by Crippen LogP contribution is -2.38. The van der Waals surface area contributed by atoms with Crippen LogP contribution in [-0.4, -0.2) is 41.8 Å². The van der Waals surface area contributed by atoms with Crippen molar-refractivity contribution in [3.8, 4) is 17.2 Å². The van der Waals surface area contributed by atoms with E-state index in [4.69, 9.17) is 19.9 Å². The molecular weight excluding hydrogens is 384 g/mol. The Kier molecular flexibility index (Phi) is 7.26. The Morgan fingerprint density at radius 3 is 2.53 bits per heavy atom. The highest BCUT2D eigenvalue weighted by Crippen LogP contribution is 2.27. The van der Waals surface area contributed by atoms with Gasteiger partial charge in [-0.3, -0.25) is 4.79 Å². The molecule has 0 aliphatic carbocycles. The Balaban J connectivity index is 1.86. The molecule has 3 rings (SSSR count). The van der Waals surface area contributed by atoms with Crippen molar-refractivity contribution >= 4 is 16.9 Å². The van der Waals surface area contributed by atoms with E-state index in [9.17, 15) is 4.79 Å². The normalized spacial score (nSPS) is 12.0. The largest absolute Gasteiger partial charge is 0.497 e. The number of nitrogens with zero attached hydrogens (tertiary/aromatic N) is 2. The molecule has 8 heteroatoms. The predicted molar refractivity (Wildman–Crippen MR) is 115 cm³/mol. The van der Waals surface area contributed by atoms with Gasteiger partial charge in [0, 0.05) is 19.2 Å². The minimum Gasteiger partial charge on any atom is -0.497 e. The molecule has 30 heavy (non-hydrogen) atoms. The van der Waals surface area contributed by atoms with Crippen LogP contribution in [0.3, 0.4) is 0 Å². The lowest BCUT2D eigenvalue weighted by molar-refractivity contribution is -0.122. The molecule has 0 unspecified atom stereocenters. The second kappa shape index (κ2) is 10.1. The van der Waals surface area contributed by atoms with E-state index in [1.165, 1.54) is 0 Å². The van der Waals surface area contributed by atoms with Gasteiger partial charge in [-0.1, -0.05) is 0 Å². The van der Waals surface area contributed by atoms with Crippen LogP contribution < -0.4 is 20.5 Å². The average Bonchev–Trinajstić information content (AvgIpc) is 3.09. The van der Waals surface area contributed by atoms with Gasteiger partial charge in [0.1, 0.15) is 23.1 Å². The third kappa shape index (κ3) is 5.28. The number of imidazole rings is 1. The lowest BCUT2D eigenvalue weighted by atomic mass is 10.3. The van der Waals surface area contributed by atoms with E-state index in [0.29, 0.717) is 31.3 Å². The first kappa shape index (κ1) is 21.6. The second-order valence-electron chi connectivity index (χ2n) is 6.81. The maximum Gasteiger partial charge on any atom is 0.237 e. The number of amides is 1. The minimum atomic E-state index is -0.573. The van der Waals surface area contributed by atoms with Crippen molar-refractivity contribution in [1.82, 2.24) is 14.9 Å². The quantitative estimate of drug-likeness (QED) is 0.497. The van der Waals surface area contributed by atoms with Gasteiger partial charge >= 0.3 is 0 Å². The summed E-state index contributed by atoms with van der Waals surface area (Å²) in [7, 11) is 1.63. The van der Waals surface area contributed by atoms with Gasteiger partial charge in [-0.25, -0.2) is 4.98 Å². The molecule has 8 nitrogen and oxygen atoms in total. The van der Waals surface area contributed by atoms with Gasteiger partial charge in [0.25, 0.3) is 0 Å². The van der Waals surface area contributed by atoms with Crippen LogP contribution in [0.2, 0.25) is 0 Å². The number of nitrogens with one attached hydrogen (secondary N) is 1. The van der Waals surface area contributed by atoms with Crippen molar-refractivity contribution in [3.05, 3.63) is 48.3 Å². The Labute approximate surface area is 175 Å². The molecule has 0 radical (unpaired) electrons. The van der Waals surface area contributed by atoms with Crippen molar-refractivity contribution in [2.75, 3.05) is 20.3 Å². The second-order valence-corrected chi connectivity index (χ2v) is 6.81. The van der Waals surface area contributed by atoms with Gasteiger partial charge in [0.15, 0.2) is 0 Å². The molecule has 3 aromatic rings. The van der Waals surface area contributed by atoms with Crippen LogP contribution in [-0.2, 0) is 22.6 Å². The van der Waals surface area contributed by atoms with Crippen molar-refractivity contribution < 1.29 is 19.0 Å². The van der Waals surface area contributed by atoms with Crippen LogP contribution >= 0.6 is 0 Å². The summed E-state index contributed by atoms with van der Waals surface area (Å²) in [6, 6.07) is 12.5. The minimum absolute atomic E-state index is 0.220. The van der Waals surface area contributed by atoms with E-state index in [0.717, 1.165) is 22.6 Å². The van der Waals surface area contributed by atoms with Crippen LogP contribution in [0.5, 0.6) is 17.2 Å². The number of hydrogen-bond acceptors (Lipinski definition) is 6. The molecule has 0 bridgehead atoms. The van der Waals surface area contributed by atoms with Gasteiger partial charge in [-0.05, 0) is 50.2 Å². The van der Waals surface area contributed by atoms with Gasteiger partial charge in [-0.2, -0.15) is 0 Å². The highest BCUT2D eigenvalue weighted by molar-refractivity contribution is 5.81. The highest BCUT2D eigenvalue weighted by Gasteiger charge is 2.14. The van der Waals surface area contributed by atoms with Crippen LogP contribution in [0.4, 0.5) is 0 Å². The number of nitrogens with two attached hydrogens (primary N) is 1. The molecule has 0 fully saturated rings. The summed E-state index contributed by atoms with van der Waals surface area (Å²) in [5.74, 6) is 2.68. The van der Waals surface area contributed by atoms with E-state index in [1.54, 1.807) is 14.0 Å². The maximum atomic E-state index is 11.9. The average molecular weight is 412 g/mol. The Hall–Kier alpha value is -3.10. The molecule has 1 heterocycles. The number of fused-ring (bicyclic) bond motifs is 1. The molecule has 0 aliphatic heterocycles. The van der Waals surface area contributed by atoms with Gasteiger partial charge in [0.05, 0.1) is 37.3 Å². The SMILES string of the molecule is CCOCCn1c(CNC(=O)[C@H](C)N)nc2ccc(Oc3ccc(OC)cc3)cc21. The third-order valence-corrected chi connectivity index (χ3v) is 4.59. The van der Waals surface area contributed by atoms with E-state index in [1.807, 2.05) is 54.0 Å². The smallest absolute Gasteiger partial charge is 0.237 e. The van der Waals surface area contributed by atoms with E-state index >= 15 is 0 Å². The number of benzene rings is 2. The van der Waals surface area contributed by atoms with E-state index < -0.39 is 6.04 Å². The lowest BCUT2D eigenvalue weighted by Gasteiger charge is -2.12. The predicted octanol–water partition coefficient (Wildman–Crippen LogP) is 2.84. The van der Waals surface area contributed by atoms with Crippen LogP contribution in [0, 0.1) is 0 Å². The summed E-state index contributed by atoms with van der Waals surface area (Å²) in [6.07, 6.45) is 0. The summed E-state index contributed by atoms with van der Waals surface area (Å²) in [5.41, 5.74) is 7.37. The number of rotatable bonds is 10. The standard InChI is InChI=1S/C22H28N4O4/c1-4-29-12-11-26-20-13-18(30-17-7-5-16(28-3)6-8-17)9-10-19(20)25-21(26)14-24-22(27)15(2)23/h5-10,13,15H,4,11-12,14,23H2,1-3H3,(H,24,27)/t15-/m0/s1. The molecule has 3 N–H and O–H groups in total. The van der Waals surface area contributed by atoms with E-state index in [-0.39, 0.29) is 12.5 Å². The monoisotopic (exact) mass is 412 g/mol. The molecule has 0 spiro atoms. The molecular formula is C22H28N4O4. The van der Waals surface area contributed by atoms with Crippen molar-refractivity contribution in [2.24, 2.45) is 5.73 Å². The zero-order valence-electron chi connectivity index (χ0n) is 17.6. The molecule has 0 saturated carbocycles. The number of hydrogen-bond donors (Lipinski definition) is 2. The Bertz CT molecular complexity index is 983. The topological polar surface area (TPSA) is 101 Å².